The van der Waals surface area contributed by atoms with E-state index in [-0.39, 0.29) is 17.5 Å². The highest BCUT2D eigenvalue weighted by Crippen LogP contribution is 2.21. The minimum atomic E-state index is -0.291. The minimum Gasteiger partial charge on any atom is -0.323 e. The molecule has 0 aliphatic heterocycles. The molecule has 0 fully saturated rings. The van der Waals surface area contributed by atoms with Crippen molar-refractivity contribution in [3.05, 3.63) is 67.0 Å². The van der Waals surface area contributed by atoms with Gasteiger partial charge in [0.25, 0.3) is 0 Å². The number of nitrogens with one attached hydrogen (secondary N) is 1. The number of benzene rings is 2. The first-order chi connectivity index (χ1) is 11.2. The van der Waals surface area contributed by atoms with Crippen LogP contribution in [-0.4, -0.2) is 26.4 Å². The van der Waals surface area contributed by atoms with Gasteiger partial charge in [-0.1, -0.05) is 12.1 Å². The second-order valence-corrected chi connectivity index (χ2v) is 5.70. The van der Waals surface area contributed by atoms with Gasteiger partial charge in [0.2, 0.25) is 5.91 Å². The van der Waals surface area contributed by atoms with Crippen molar-refractivity contribution in [2.75, 3.05) is 11.1 Å². The predicted molar refractivity (Wildman–Crippen MR) is 87.1 cm³/mol. The minimum absolute atomic E-state index is 0.146. The lowest BCUT2D eigenvalue weighted by molar-refractivity contribution is -0.113. The third kappa shape index (κ3) is 3.95. The van der Waals surface area contributed by atoms with E-state index in [9.17, 15) is 9.18 Å². The molecule has 0 aliphatic carbocycles. The van der Waals surface area contributed by atoms with Crippen LogP contribution in [0.15, 0.2) is 66.1 Å². The van der Waals surface area contributed by atoms with Gasteiger partial charge in [-0.05, 0) is 36.4 Å². The zero-order chi connectivity index (χ0) is 16.1. The quantitative estimate of drug-likeness (QED) is 0.731. The molecule has 3 aromatic rings. The molecule has 1 N–H and O–H groups in total. The van der Waals surface area contributed by atoms with Gasteiger partial charge in [0.15, 0.2) is 0 Å². The highest BCUT2D eigenvalue weighted by Gasteiger charge is 2.09. The summed E-state index contributed by atoms with van der Waals surface area (Å²) in [6, 6.07) is 13.4. The fourth-order valence-corrected chi connectivity index (χ4v) is 2.68. The number of carbonyl (C=O) groups excluding carboxylic acids is 1. The van der Waals surface area contributed by atoms with Gasteiger partial charge >= 0.3 is 0 Å². The number of hydrogen-bond donors (Lipinski definition) is 1. The molecule has 0 aliphatic rings. The second-order valence-electron chi connectivity index (χ2n) is 4.65. The zero-order valence-electron chi connectivity index (χ0n) is 12.0. The third-order valence-corrected chi connectivity index (χ3v) is 4.04. The van der Waals surface area contributed by atoms with Crippen LogP contribution in [0.4, 0.5) is 10.1 Å². The molecule has 116 valence electrons. The number of hydrogen-bond acceptors (Lipinski definition) is 4. The summed E-state index contributed by atoms with van der Waals surface area (Å²) in [6.07, 6.45) is 3.00. The Morgan fingerprint density at radius 3 is 2.70 bits per heavy atom. The summed E-state index contributed by atoms with van der Waals surface area (Å²) in [7, 11) is 0. The first-order valence-corrected chi connectivity index (χ1v) is 7.83. The molecule has 0 atom stereocenters. The smallest absolute Gasteiger partial charge is 0.234 e. The van der Waals surface area contributed by atoms with E-state index >= 15 is 0 Å². The first kappa shape index (κ1) is 15.2. The maximum absolute atomic E-state index is 12.9. The van der Waals surface area contributed by atoms with Crippen molar-refractivity contribution in [3.8, 4) is 5.69 Å². The van der Waals surface area contributed by atoms with Crippen LogP contribution in [0.2, 0.25) is 0 Å². The van der Waals surface area contributed by atoms with Crippen LogP contribution in [0.1, 0.15) is 0 Å². The Kier molecular flexibility index (Phi) is 4.68. The van der Waals surface area contributed by atoms with Crippen molar-refractivity contribution in [1.82, 2.24) is 14.8 Å². The van der Waals surface area contributed by atoms with Crippen molar-refractivity contribution in [1.29, 1.82) is 0 Å². The Morgan fingerprint density at radius 2 is 1.96 bits per heavy atom. The molecule has 3 rings (SSSR count). The van der Waals surface area contributed by atoms with E-state index in [4.69, 9.17) is 0 Å². The van der Waals surface area contributed by atoms with Crippen LogP contribution in [0, 0.1) is 5.82 Å². The maximum Gasteiger partial charge on any atom is 0.234 e. The average Bonchev–Trinajstić information content (AvgIpc) is 3.09. The van der Waals surface area contributed by atoms with Gasteiger partial charge < -0.3 is 5.32 Å². The van der Waals surface area contributed by atoms with E-state index < -0.39 is 0 Å². The molecule has 7 heteroatoms. The highest BCUT2D eigenvalue weighted by molar-refractivity contribution is 8.00. The van der Waals surface area contributed by atoms with E-state index in [1.807, 2.05) is 18.2 Å². The van der Waals surface area contributed by atoms with Crippen LogP contribution in [-0.2, 0) is 4.79 Å². The molecule has 1 heterocycles. The topological polar surface area (TPSA) is 59.8 Å². The Morgan fingerprint density at radius 1 is 1.17 bits per heavy atom. The number of amides is 1. The predicted octanol–water partition coefficient (Wildman–Crippen LogP) is 3.14. The normalized spacial score (nSPS) is 10.5. The monoisotopic (exact) mass is 328 g/mol. The van der Waals surface area contributed by atoms with Crippen molar-refractivity contribution in [2.45, 2.75) is 4.90 Å². The Labute approximate surface area is 136 Å². The van der Waals surface area contributed by atoms with Gasteiger partial charge in [0.05, 0.1) is 17.1 Å². The summed E-state index contributed by atoms with van der Waals surface area (Å²) in [5.74, 6) is -0.204. The summed E-state index contributed by atoms with van der Waals surface area (Å²) >= 11 is 1.35. The number of halogens is 1. The molecule has 2 aromatic carbocycles. The van der Waals surface area contributed by atoms with Crippen molar-refractivity contribution >= 4 is 23.4 Å². The molecule has 1 aromatic heterocycles. The van der Waals surface area contributed by atoms with Crippen LogP contribution in [0.3, 0.4) is 0 Å². The van der Waals surface area contributed by atoms with Crippen LogP contribution in [0.25, 0.3) is 5.69 Å². The van der Waals surface area contributed by atoms with Crippen molar-refractivity contribution in [3.63, 3.8) is 0 Å². The Bertz CT molecular complexity index is 790. The molecule has 5 nitrogen and oxygen atoms in total. The molecule has 1 amide bonds. The number of aromatic nitrogens is 3. The SMILES string of the molecule is O=C(CSc1ccc(F)cc1)Nc1ccccc1-n1cncn1. The number of carbonyl (C=O) groups is 1. The summed E-state index contributed by atoms with van der Waals surface area (Å²) in [4.78, 5) is 16.9. The van der Waals surface area contributed by atoms with E-state index in [0.29, 0.717) is 5.69 Å². The second kappa shape index (κ2) is 7.06. The van der Waals surface area contributed by atoms with Gasteiger partial charge in [0.1, 0.15) is 18.5 Å². The largest absolute Gasteiger partial charge is 0.323 e. The lowest BCUT2D eigenvalue weighted by Crippen LogP contribution is -2.15. The van der Waals surface area contributed by atoms with Gasteiger partial charge in [-0.2, -0.15) is 5.10 Å². The number of para-hydroxylation sites is 2. The highest BCUT2D eigenvalue weighted by atomic mass is 32.2. The molecular formula is C16H13FN4OS. The molecular weight excluding hydrogens is 315 g/mol. The van der Waals surface area contributed by atoms with Crippen LogP contribution >= 0.6 is 11.8 Å². The van der Waals surface area contributed by atoms with Crippen molar-refractivity contribution in [2.24, 2.45) is 0 Å². The number of nitrogens with zero attached hydrogens (tertiary/aromatic N) is 3. The lowest BCUT2D eigenvalue weighted by atomic mass is 10.2. The third-order valence-electron chi connectivity index (χ3n) is 3.03. The molecule has 0 spiro atoms. The van der Waals surface area contributed by atoms with Crippen LogP contribution in [0.5, 0.6) is 0 Å². The van der Waals surface area contributed by atoms with Gasteiger partial charge in [-0.25, -0.2) is 14.1 Å². The summed E-state index contributed by atoms with van der Waals surface area (Å²) in [5.41, 5.74) is 1.40. The van der Waals surface area contributed by atoms with Gasteiger partial charge in [0, 0.05) is 4.90 Å². The Hall–Kier alpha value is -2.67. The number of rotatable bonds is 5. The van der Waals surface area contributed by atoms with Gasteiger partial charge in [-0.3, -0.25) is 4.79 Å². The van der Waals surface area contributed by atoms with E-state index in [1.54, 1.807) is 29.2 Å². The van der Waals surface area contributed by atoms with Crippen LogP contribution < -0.4 is 5.32 Å². The van der Waals surface area contributed by atoms with Crippen molar-refractivity contribution < 1.29 is 9.18 Å². The number of thioether (sulfide) groups is 1. The van der Waals surface area contributed by atoms with E-state index in [0.717, 1.165) is 10.6 Å². The fraction of sp³-hybridized carbons (Fsp3) is 0.0625. The standard InChI is InChI=1S/C16H13FN4OS/c17-12-5-7-13(8-6-12)23-9-16(22)20-14-3-1-2-4-15(14)21-11-18-10-19-21/h1-8,10-11H,9H2,(H,20,22). The molecule has 0 unspecified atom stereocenters. The molecule has 23 heavy (non-hydrogen) atoms. The average molecular weight is 328 g/mol. The molecule has 0 bridgehead atoms. The summed E-state index contributed by atoms with van der Waals surface area (Å²) in [5, 5.41) is 6.93. The summed E-state index contributed by atoms with van der Waals surface area (Å²) < 4.78 is 14.4. The molecule has 0 saturated carbocycles. The fourth-order valence-electron chi connectivity index (χ4n) is 1.98. The van der Waals surface area contributed by atoms with E-state index in [2.05, 4.69) is 15.4 Å². The lowest BCUT2D eigenvalue weighted by Gasteiger charge is -2.10. The number of anilines is 1. The summed E-state index contributed by atoms with van der Waals surface area (Å²) in [6.45, 7) is 0. The zero-order valence-corrected chi connectivity index (χ0v) is 12.8. The van der Waals surface area contributed by atoms with Gasteiger partial charge in [-0.15, -0.1) is 11.8 Å². The molecule has 0 saturated heterocycles. The maximum atomic E-state index is 12.9. The molecule has 0 radical (unpaired) electrons. The first-order valence-electron chi connectivity index (χ1n) is 6.84. The van der Waals surface area contributed by atoms with E-state index in [1.165, 1.54) is 30.2 Å². The Balaban J connectivity index is 1.65.